The third kappa shape index (κ3) is 28.8. The first-order valence-corrected chi connectivity index (χ1v) is 23.3. The lowest BCUT2D eigenvalue weighted by atomic mass is 9.99. The minimum atomic E-state index is -1.59. The van der Waals surface area contributed by atoms with Gasteiger partial charge >= 0.3 is 11.9 Å². The predicted molar refractivity (Wildman–Crippen MR) is 224 cm³/mol. The second kappa shape index (κ2) is 37.7. The summed E-state index contributed by atoms with van der Waals surface area (Å²) in [4.78, 5) is 25.3. The topological polar surface area (TPSA) is 152 Å². The lowest BCUT2D eigenvalue weighted by molar-refractivity contribution is -0.305. The first-order valence-electron chi connectivity index (χ1n) is 23.3. The Morgan fingerprint density at radius 3 is 1.39 bits per heavy atom. The molecule has 1 saturated heterocycles. The average molecular weight is 799 g/mol. The smallest absolute Gasteiger partial charge is 0.306 e. The molecule has 0 aromatic carbocycles. The van der Waals surface area contributed by atoms with Gasteiger partial charge in [-0.3, -0.25) is 9.59 Å². The molecular formula is C46H86O10. The van der Waals surface area contributed by atoms with E-state index in [1.807, 2.05) is 0 Å². The third-order valence-corrected chi connectivity index (χ3v) is 10.9. The second-order valence-corrected chi connectivity index (χ2v) is 16.2. The van der Waals surface area contributed by atoms with Crippen LogP contribution >= 0.6 is 0 Å². The molecule has 0 aliphatic carbocycles. The quantitative estimate of drug-likeness (QED) is 0.0269. The van der Waals surface area contributed by atoms with Crippen LogP contribution in [0, 0.1) is 0 Å². The van der Waals surface area contributed by atoms with E-state index in [1.54, 1.807) is 0 Å². The maximum absolute atomic E-state index is 12.8. The molecule has 2 unspecified atom stereocenters. The molecule has 0 aromatic rings. The summed E-state index contributed by atoms with van der Waals surface area (Å²) in [5, 5.41) is 40.0. The number of aliphatic hydroxyl groups excluding tert-OH is 4. The van der Waals surface area contributed by atoms with Crippen molar-refractivity contribution >= 4 is 11.9 Å². The molecule has 0 radical (unpaired) electrons. The zero-order valence-corrected chi connectivity index (χ0v) is 35.9. The van der Waals surface area contributed by atoms with E-state index in [0.717, 1.165) is 38.5 Å². The highest BCUT2D eigenvalue weighted by Gasteiger charge is 2.44. The van der Waals surface area contributed by atoms with Gasteiger partial charge in [-0.25, -0.2) is 0 Å². The molecule has 0 saturated carbocycles. The summed E-state index contributed by atoms with van der Waals surface area (Å²) in [6, 6.07) is 0. The van der Waals surface area contributed by atoms with Crippen LogP contribution in [0.1, 0.15) is 213 Å². The largest absolute Gasteiger partial charge is 0.462 e. The number of ether oxygens (including phenoxy) is 4. The Bertz CT molecular complexity index is 928. The summed E-state index contributed by atoms with van der Waals surface area (Å²) >= 11 is 0. The second-order valence-electron chi connectivity index (χ2n) is 16.2. The Kier molecular flexibility index (Phi) is 35.3. The maximum atomic E-state index is 12.8. The number of carbonyl (C=O) groups is 2. The lowest BCUT2D eigenvalue weighted by Crippen LogP contribution is -2.59. The van der Waals surface area contributed by atoms with Crippen molar-refractivity contribution in [2.24, 2.45) is 0 Å². The third-order valence-electron chi connectivity index (χ3n) is 10.9. The Morgan fingerprint density at radius 2 is 0.946 bits per heavy atom. The number of unbranched alkanes of at least 4 members (excludes halogenated alkanes) is 26. The molecule has 1 rings (SSSR count). The fourth-order valence-electron chi connectivity index (χ4n) is 7.18. The Balaban J connectivity index is 2.26. The molecule has 1 aliphatic heterocycles. The van der Waals surface area contributed by atoms with E-state index in [0.29, 0.717) is 6.42 Å². The van der Waals surface area contributed by atoms with E-state index in [-0.39, 0.29) is 32.0 Å². The molecule has 1 fully saturated rings. The van der Waals surface area contributed by atoms with E-state index in [1.165, 1.54) is 141 Å². The van der Waals surface area contributed by atoms with Gasteiger partial charge in [0.1, 0.15) is 31.0 Å². The van der Waals surface area contributed by atoms with Crippen molar-refractivity contribution in [2.45, 2.75) is 250 Å². The summed E-state index contributed by atoms with van der Waals surface area (Å²) in [5.74, 6) is -0.799. The van der Waals surface area contributed by atoms with Crippen molar-refractivity contribution in [2.75, 3.05) is 19.8 Å². The molecule has 1 heterocycles. The van der Waals surface area contributed by atoms with Gasteiger partial charge in [-0.05, 0) is 38.5 Å². The van der Waals surface area contributed by atoms with Crippen LogP contribution < -0.4 is 0 Å². The van der Waals surface area contributed by atoms with Gasteiger partial charge in [0.2, 0.25) is 0 Å². The van der Waals surface area contributed by atoms with Crippen LogP contribution in [0.15, 0.2) is 12.2 Å². The summed E-state index contributed by atoms with van der Waals surface area (Å²) in [7, 11) is 0. The van der Waals surface area contributed by atoms with E-state index in [9.17, 15) is 30.0 Å². The Labute approximate surface area is 341 Å². The Hall–Kier alpha value is -1.56. The van der Waals surface area contributed by atoms with Crippen molar-refractivity contribution in [3.8, 4) is 0 Å². The molecule has 330 valence electrons. The number of rotatable bonds is 39. The Morgan fingerprint density at radius 1 is 0.536 bits per heavy atom. The summed E-state index contributed by atoms with van der Waals surface area (Å²) in [6.45, 7) is 3.42. The van der Waals surface area contributed by atoms with Gasteiger partial charge in [0, 0.05) is 12.8 Å². The average Bonchev–Trinajstić information content (AvgIpc) is 3.19. The number of hydrogen-bond donors (Lipinski definition) is 4. The number of hydrogen-bond acceptors (Lipinski definition) is 10. The first kappa shape index (κ1) is 52.5. The monoisotopic (exact) mass is 799 g/mol. The fraction of sp³-hybridized carbons (Fsp3) is 0.913. The normalized spacial score (nSPS) is 20.4. The van der Waals surface area contributed by atoms with Crippen molar-refractivity contribution in [3.63, 3.8) is 0 Å². The predicted octanol–water partition coefficient (Wildman–Crippen LogP) is 9.95. The molecule has 0 bridgehead atoms. The van der Waals surface area contributed by atoms with E-state index in [4.69, 9.17) is 18.9 Å². The molecule has 4 N–H and O–H groups in total. The molecule has 56 heavy (non-hydrogen) atoms. The standard InChI is InChI=1S/C46H86O10/c1-3-5-7-9-11-13-15-16-17-18-19-20-21-22-23-24-25-27-29-31-33-35-42(49)55-39(38-54-46-45(52)44(51)43(50)40(36-47)56-46)37-53-41(48)34-32-30-28-26-14-12-10-8-6-4-2/h16-17,39-40,43-47,50-52H,3-15,18-38H2,1-2H3/b17-16+/t39-,40-,43+,44?,45?,46-/m1/s1. The molecule has 1 aliphatic rings. The molecule has 6 atom stereocenters. The summed E-state index contributed by atoms with van der Waals surface area (Å²) < 4.78 is 22.1. The molecule has 0 aromatic heterocycles. The van der Waals surface area contributed by atoms with E-state index in [2.05, 4.69) is 26.0 Å². The van der Waals surface area contributed by atoms with Crippen molar-refractivity contribution in [1.29, 1.82) is 0 Å². The van der Waals surface area contributed by atoms with Gasteiger partial charge in [0.05, 0.1) is 13.2 Å². The highest BCUT2D eigenvalue weighted by Crippen LogP contribution is 2.23. The van der Waals surface area contributed by atoms with E-state index >= 15 is 0 Å². The van der Waals surface area contributed by atoms with Crippen LogP contribution in [0.3, 0.4) is 0 Å². The van der Waals surface area contributed by atoms with E-state index < -0.39 is 49.4 Å². The van der Waals surface area contributed by atoms with Crippen LogP contribution in [0.5, 0.6) is 0 Å². The van der Waals surface area contributed by atoms with Crippen LogP contribution in [0.4, 0.5) is 0 Å². The van der Waals surface area contributed by atoms with Crippen molar-refractivity contribution in [3.05, 3.63) is 12.2 Å². The zero-order chi connectivity index (χ0) is 40.9. The molecule has 0 amide bonds. The van der Waals surface area contributed by atoms with Crippen LogP contribution in [-0.4, -0.2) is 89.0 Å². The van der Waals surface area contributed by atoms with Gasteiger partial charge in [-0.2, -0.15) is 0 Å². The molecule has 10 heteroatoms. The van der Waals surface area contributed by atoms with Crippen molar-refractivity contribution < 1.29 is 49.0 Å². The highest BCUT2D eigenvalue weighted by molar-refractivity contribution is 5.70. The summed E-state index contributed by atoms with van der Waals surface area (Å²) in [5.41, 5.74) is 0. The van der Waals surface area contributed by atoms with Crippen LogP contribution in [0.2, 0.25) is 0 Å². The highest BCUT2D eigenvalue weighted by atomic mass is 16.7. The molecular weight excluding hydrogens is 712 g/mol. The van der Waals surface area contributed by atoms with Crippen LogP contribution in [-0.2, 0) is 28.5 Å². The SMILES string of the molecule is CCCCCCCC/C=C/CCCCCCCCCCCCCC(=O)O[C@H](COC(=O)CCCCCCCCCCCC)CO[C@@H]1O[C@H](CO)[C@H](O)C(O)C1O. The molecule has 10 nitrogen and oxygen atoms in total. The van der Waals surface area contributed by atoms with Gasteiger partial charge in [-0.15, -0.1) is 0 Å². The van der Waals surface area contributed by atoms with Gasteiger partial charge in [0.15, 0.2) is 12.4 Å². The number of aliphatic hydroxyl groups is 4. The first-order chi connectivity index (χ1) is 27.3. The number of esters is 2. The summed E-state index contributed by atoms with van der Waals surface area (Å²) in [6.07, 6.45) is 32.3. The fourth-order valence-corrected chi connectivity index (χ4v) is 7.18. The molecule has 0 spiro atoms. The van der Waals surface area contributed by atoms with Gasteiger partial charge < -0.3 is 39.4 Å². The van der Waals surface area contributed by atoms with Gasteiger partial charge in [-0.1, -0.05) is 174 Å². The lowest BCUT2D eigenvalue weighted by Gasteiger charge is -2.39. The number of carbonyl (C=O) groups excluding carboxylic acids is 2. The van der Waals surface area contributed by atoms with Crippen LogP contribution in [0.25, 0.3) is 0 Å². The van der Waals surface area contributed by atoms with Gasteiger partial charge in [0.25, 0.3) is 0 Å². The minimum absolute atomic E-state index is 0.212. The maximum Gasteiger partial charge on any atom is 0.306 e. The number of allylic oxidation sites excluding steroid dienone is 2. The van der Waals surface area contributed by atoms with Crippen molar-refractivity contribution in [1.82, 2.24) is 0 Å². The zero-order valence-electron chi connectivity index (χ0n) is 35.9. The minimum Gasteiger partial charge on any atom is -0.462 e.